The van der Waals surface area contributed by atoms with Crippen LogP contribution in [0.15, 0.2) is 11.6 Å². The van der Waals surface area contributed by atoms with Gasteiger partial charge >= 0.3 is 5.97 Å². The predicted molar refractivity (Wildman–Crippen MR) is 145 cm³/mol. The lowest BCUT2D eigenvalue weighted by molar-refractivity contribution is -0.207. The van der Waals surface area contributed by atoms with Gasteiger partial charge in [-0.1, -0.05) is 60.1 Å². The number of carbonyl (C=O) groups excluding carboxylic acids is 1. The summed E-state index contributed by atoms with van der Waals surface area (Å²) in [5.74, 6) is 2.58. The zero-order valence-corrected chi connectivity index (χ0v) is 24.2. The van der Waals surface area contributed by atoms with Gasteiger partial charge in [0.15, 0.2) is 0 Å². The van der Waals surface area contributed by atoms with Crippen LogP contribution in [0, 0.1) is 56.7 Å². The topological polar surface area (TPSA) is 72.5 Å². The van der Waals surface area contributed by atoms with Crippen molar-refractivity contribution in [1.29, 1.82) is 0 Å². The number of rotatable bonds is 3. The molecule has 5 aliphatic carbocycles. The summed E-state index contributed by atoms with van der Waals surface area (Å²) >= 11 is 0. The zero-order valence-electron chi connectivity index (χ0n) is 24.2. The first-order valence-corrected chi connectivity index (χ1v) is 15.1. The van der Waals surface area contributed by atoms with E-state index in [9.17, 15) is 9.90 Å². The Bertz CT molecular complexity index is 926. The van der Waals surface area contributed by atoms with Crippen molar-refractivity contribution in [3.05, 3.63) is 11.6 Å². The van der Waals surface area contributed by atoms with E-state index in [0.29, 0.717) is 36.8 Å². The number of aliphatic hydroxyl groups is 1. The summed E-state index contributed by atoms with van der Waals surface area (Å²) in [6.45, 7) is 17.9. The molecule has 0 aromatic heterocycles. The fourth-order valence-corrected chi connectivity index (χ4v) is 11.1. The van der Waals surface area contributed by atoms with Crippen LogP contribution in [0.1, 0.15) is 106 Å². The number of allylic oxidation sites excluding steroid dienone is 2. The maximum Gasteiger partial charge on any atom is 0.312 e. The molecule has 0 radical (unpaired) electrons. The second-order valence-electron chi connectivity index (χ2n) is 15.1. The van der Waals surface area contributed by atoms with Gasteiger partial charge in [0.25, 0.3) is 0 Å². The maximum atomic E-state index is 13.7. The van der Waals surface area contributed by atoms with Crippen molar-refractivity contribution in [2.24, 2.45) is 62.4 Å². The summed E-state index contributed by atoms with van der Waals surface area (Å²) in [4.78, 5) is 13.7. The van der Waals surface area contributed by atoms with Gasteiger partial charge in [-0.15, -0.1) is 0 Å². The van der Waals surface area contributed by atoms with E-state index < -0.39 is 0 Å². The van der Waals surface area contributed by atoms with Crippen LogP contribution in [0.2, 0.25) is 0 Å². The molecule has 4 nitrogen and oxygen atoms in total. The third kappa shape index (κ3) is 3.28. The Kier molecular flexibility index (Phi) is 6.36. The zero-order chi connectivity index (χ0) is 26.3. The lowest BCUT2D eigenvalue weighted by atomic mass is 9.33. The molecule has 4 fully saturated rings. The minimum absolute atomic E-state index is 0.0191. The van der Waals surface area contributed by atoms with Gasteiger partial charge in [0.1, 0.15) is 6.61 Å². The number of esters is 1. The molecule has 0 saturated heterocycles. The van der Waals surface area contributed by atoms with E-state index in [1.54, 1.807) is 5.57 Å². The van der Waals surface area contributed by atoms with E-state index in [2.05, 4.69) is 54.5 Å². The Morgan fingerprint density at radius 2 is 1.72 bits per heavy atom. The number of fused-ring (bicyclic) bond motifs is 7. The van der Waals surface area contributed by atoms with Crippen LogP contribution >= 0.6 is 0 Å². The van der Waals surface area contributed by atoms with E-state index in [1.807, 2.05) is 0 Å². The van der Waals surface area contributed by atoms with Gasteiger partial charge in [-0.3, -0.25) is 4.79 Å². The van der Waals surface area contributed by atoms with Crippen molar-refractivity contribution >= 4 is 5.97 Å². The second-order valence-corrected chi connectivity index (χ2v) is 15.1. The normalized spacial score (nSPS) is 51.6. The fraction of sp³-hybridized carbons (Fsp3) is 0.906. The molecule has 0 spiro atoms. The first kappa shape index (κ1) is 26.7. The quantitative estimate of drug-likeness (QED) is 0.343. The summed E-state index contributed by atoms with van der Waals surface area (Å²) in [7, 11) is 0. The average molecular weight is 500 g/mol. The van der Waals surface area contributed by atoms with E-state index in [-0.39, 0.29) is 45.1 Å². The highest BCUT2D eigenvalue weighted by Gasteiger charge is 2.69. The van der Waals surface area contributed by atoms with E-state index in [0.717, 1.165) is 44.9 Å². The number of carbonyl (C=O) groups is 1. The van der Waals surface area contributed by atoms with Crippen LogP contribution in [-0.4, -0.2) is 30.3 Å². The highest BCUT2D eigenvalue weighted by Crippen LogP contribution is 2.75. The molecule has 0 bridgehead atoms. The summed E-state index contributed by atoms with van der Waals surface area (Å²) in [6.07, 6.45) is 12.1. The number of aliphatic hydroxyl groups excluding tert-OH is 1. The van der Waals surface area contributed by atoms with Gasteiger partial charge in [-0.05, 0) is 109 Å². The molecule has 0 aromatic carbocycles. The minimum Gasteiger partial charge on any atom is -0.464 e. The van der Waals surface area contributed by atoms with Crippen LogP contribution in [0.3, 0.4) is 0 Å². The van der Waals surface area contributed by atoms with Gasteiger partial charge in [0.2, 0.25) is 0 Å². The smallest absolute Gasteiger partial charge is 0.312 e. The summed E-state index contributed by atoms with van der Waals surface area (Å²) in [5, 5.41) is 11.0. The first-order valence-electron chi connectivity index (χ1n) is 15.1. The highest BCUT2D eigenvalue weighted by molar-refractivity contribution is 5.79. The standard InChI is InChI=1S/C32H53NO3/c1-20-10-15-32(27(35)36-19-18-33)17-16-30(6)22(26(32)21(20)2)8-9-24-29(5)13-12-25(34)28(3,4)23(29)11-14-31(24,30)7/h8,20-21,23-26,34H,9-19,33H2,1-7H3/t20-,21+,23?,24?,25+,26?,29+,30-,31-,32+/m1/s1. The molecule has 0 amide bonds. The summed E-state index contributed by atoms with van der Waals surface area (Å²) in [6, 6.07) is 0. The Hall–Kier alpha value is -0.870. The molecule has 3 N–H and O–H groups in total. The van der Waals surface area contributed by atoms with Crippen molar-refractivity contribution in [2.45, 2.75) is 112 Å². The second kappa shape index (κ2) is 8.57. The monoisotopic (exact) mass is 499 g/mol. The molecule has 0 aliphatic heterocycles. The van der Waals surface area contributed by atoms with Crippen molar-refractivity contribution in [1.82, 2.24) is 0 Å². The van der Waals surface area contributed by atoms with Gasteiger partial charge in [0.05, 0.1) is 11.5 Å². The SMILES string of the molecule is C[C@@H]1CC[C@]2(C(=O)OCCN)CC[C@]3(C)C(=CCC4[C@@]5(C)CC[C@H](O)C(C)(C)C5CC[C@]43C)C2[C@H]1C. The lowest BCUT2D eigenvalue weighted by Crippen LogP contribution is -2.65. The largest absolute Gasteiger partial charge is 0.464 e. The van der Waals surface area contributed by atoms with Gasteiger partial charge in [0, 0.05) is 6.54 Å². The number of hydrogen-bond donors (Lipinski definition) is 2. The molecular weight excluding hydrogens is 446 g/mol. The molecule has 10 atom stereocenters. The average Bonchev–Trinajstić information content (AvgIpc) is 2.83. The Morgan fingerprint density at radius 3 is 2.42 bits per heavy atom. The molecule has 36 heavy (non-hydrogen) atoms. The Balaban J connectivity index is 1.58. The molecule has 5 rings (SSSR count). The van der Waals surface area contributed by atoms with E-state index in [1.165, 1.54) is 12.8 Å². The maximum absolute atomic E-state index is 13.7. The summed E-state index contributed by atoms with van der Waals surface area (Å²) < 4.78 is 5.82. The van der Waals surface area contributed by atoms with Crippen LogP contribution in [0.5, 0.6) is 0 Å². The molecule has 3 unspecified atom stereocenters. The number of nitrogens with two attached hydrogens (primary N) is 1. The van der Waals surface area contributed by atoms with Crippen LogP contribution in [0.25, 0.3) is 0 Å². The van der Waals surface area contributed by atoms with Crippen LogP contribution in [0.4, 0.5) is 0 Å². The van der Waals surface area contributed by atoms with Crippen molar-refractivity contribution in [3.63, 3.8) is 0 Å². The highest BCUT2D eigenvalue weighted by atomic mass is 16.5. The fourth-order valence-electron chi connectivity index (χ4n) is 11.1. The molecule has 0 aromatic rings. The van der Waals surface area contributed by atoms with Gasteiger partial charge in [-0.2, -0.15) is 0 Å². The Labute approximate surface area is 220 Å². The van der Waals surface area contributed by atoms with Gasteiger partial charge in [-0.25, -0.2) is 0 Å². The number of hydrogen-bond acceptors (Lipinski definition) is 4. The van der Waals surface area contributed by atoms with Crippen molar-refractivity contribution in [2.75, 3.05) is 13.2 Å². The lowest BCUT2D eigenvalue weighted by Gasteiger charge is -2.71. The molecular formula is C32H53NO3. The van der Waals surface area contributed by atoms with E-state index >= 15 is 0 Å². The minimum atomic E-state index is -0.381. The van der Waals surface area contributed by atoms with Gasteiger partial charge < -0.3 is 15.6 Å². The van der Waals surface area contributed by atoms with Crippen molar-refractivity contribution in [3.8, 4) is 0 Å². The number of ether oxygens (including phenoxy) is 1. The Morgan fingerprint density at radius 1 is 1.00 bits per heavy atom. The molecule has 5 aliphatic rings. The summed E-state index contributed by atoms with van der Waals surface area (Å²) in [5.41, 5.74) is 7.49. The third-order valence-corrected chi connectivity index (χ3v) is 13.7. The molecule has 0 heterocycles. The predicted octanol–water partition coefficient (Wildman–Crippen LogP) is 6.51. The van der Waals surface area contributed by atoms with Crippen LogP contribution < -0.4 is 5.73 Å². The van der Waals surface area contributed by atoms with E-state index in [4.69, 9.17) is 10.5 Å². The van der Waals surface area contributed by atoms with Crippen LogP contribution in [-0.2, 0) is 9.53 Å². The third-order valence-electron chi connectivity index (χ3n) is 13.7. The molecule has 4 saturated carbocycles. The first-order chi connectivity index (χ1) is 16.8. The van der Waals surface area contributed by atoms with Crippen molar-refractivity contribution < 1.29 is 14.6 Å². The molecule has 4 heteroatoms. The molecule has 204 valence electrons.